The highest BCUT2D eigenvalue weighted by Gasteiger charge is 2.30. The molecular weight excluding hydrogens is 281 g/mol. The van der Waals surface area contributed by atoms with Gasteiger partial charge in [0, 0.05) is 11.5 Å². The van der Waals surface area contributed by atoms with Crippen LogP contribution in [0.15, 0.2) is 63.8 Å². The molecule has 0 spiro atoms. The number of para-hydroxylation sites is 1. The van der Waals surface area contributed by atoms with Gasteiger partial charge < -0.3 is 4.42 Å². The molecule has 0 saturated heterocycles. The van der Waals surface area contributed by atoms with E-state index in [0.29, 0.717) is 22.1 Å². The Morgan fingerprint density at radius 1 is 0.905 bits per heavy atom. The molecule has 0 unspecified atom stereocenters. The predicted octanol–water partition coefficient (Wildman–Crippen LogP) is 4.48. The van der Waals surface area contributed by atoms with Crippen LogP contribution >= 0.6 is 0 Å². The van der Waals surface area contributed by atoms with Crippen molar-refractivity contribution in [2.45, 2.75) is 6.18 Å². The summed E-state index contributed by atoms with van der Waals surface area (Å²) in [5.41, 5.74) is 0.227. The number of benzene rings is 2. The highest BCUT2D eigenvalue weighted by Crippen LogP contribution is 2.32. The zero-order valence-electron chi connectivity index (χ0n) is 10.6. The third-order valence-electron chi connectivity index (χ3n) is 3.17. The van der Waals surface area contributed by atoms with Gasteiger partial charge in [-0.15, -0.1) is 0 Å². The lowest BCUT2D eigenvalue weighted by Crippen LogP contribution is -2.04. The van der Waals surface area contributed by atoms with Gasteiger partial charge in [0.05, 0.1) is 5.56 Å². The maximum atomic E-state index is 12.6. The molecule has 0 aliphatic heterocycles. The first kappa shape index (κ1) is 13.4. The molecule has 3 aromatic rings. The van der Waals surface area contributed by atoms with E-state index in [1.54, 1.807) is 24.3 Å². The Bertz CT molecular complexity index is 846. The summed E-state index contributed by atoms with van der Waals surface area (Å²) in [6.45, 7) is 0. The summed E-state index contributed by atoms with van der Waals surface area (Å²) < 4.78 is 42.8. The molecule has 1 heterocycles. The van der Waals surface area contributed by atoms with Crippen molar-refractivity contribution in [3.63, 3.8) is 0 Å². The summed E-state index contributed by atoms with van der Waals surface area (Å²) >= 11 is 0. The average molecular weight is 290 g/mol. The standard InChI is InChI=1S/C16H9F3O2/c17-16(18,19)11-7-5-10(6-8-11)13-9-15(20)21-14-4-2-1-3-12(13)14/h1-9H. The van der Waals surface area contributed by atoms with E-state index in [0.717, 1.165) is 12.1 Å². The SMILES string of the molecule is O=c1cc(-c2ccc(C(F)(F)F)cc2)c2ccccc2o1. The van der Waals surface area contributed by atoms with Gasteiger partial charge in [-0.05, 0) is 29.3 Å². The van der Waals surface area contributed by atoms with Crippen molar-refractivity contribution in [2.75, 3.05) is 0 Å². The van der Waals surface area contributed by atoms with Gasteiger partial charge in [0.15, 0.2) is 0 Å². The lowest BCUT2D eigenvalue weighted by Gasteiger charge is -2.09. The van der Waals surface area contributed by atoms with Gasteiger partial charge in [0.25, 0.3) is 0 Å². The third-order valence-corrected chi connectivity index (χ3v) is 3.17. The van der Waals surface area contributed by atoms with Gasteiger partial charge >= 0.3 is 11.8 Å². The quantitative estimate of drug-likeness (QED) is 0.619. The number of alkyl halides is 3. The smallest absolute Gasteiger partial charge is 0.416 e. The summed E-state index contributed by atoms with van der Waals surface area (Å²) in [5, 5.41) is 0.678. The van der Waals surface area contributed by atoms with Crippen LogP contribution in [0.5, 0.6) is 0 Å². The molecule has 0 radical (unpaired) electrons. The number of hydrogen-bond acceptors (Lipinski definition) is 2. The molecule has 2 aromatic carbocycles. The first-order chi connectivity index (χ1) is 9.95. The van der Waals surface area contributed by atoms with Crippen LogP contribution in [-0.2, 0) is 6.18 Å². The Labute approximate surface area is 117 Å². The van der Waals surface area contributed by atoms with Crippen molar-refractivity contribution in [3.8, 4) is 11.1 Å². The van der Waals surface area contributed by atoms with Crippen LogP contribution in [0.4, 0.5) is 13.2 Å². The summed E-state index contributed by atoms with van der Waals surface area (Å²) in [6.07, 6.45) is -4.38. The number of rotatable bonds is 1. The highest BCUT2D eigenvalue weighted by molar-refractivity contribution is 5.93. The van der Waals surface area contributed by atoms with Crippen molar-refractivity contribution < 1.29 is 17.6 Å². The van der Waals surface area contributed by atoms with Gasteiger partial charge in [-0.2, -0.15) is 13.2 Å². The maximum Gasteiger partial charge on any atom is 0.416 e. The molecule has 21 heavy (non-hydrogen) atoms. The molecule has 2 nitrogen and oxygen atoms in total. The average Bonchev–Trinajstić information content (AvgIpc) is 2.45. The van der Waals surface area contributed by atoms with Crippen LogP contribution in [0.25, 0.3) is 22.1 Å². The second-order valence-electron chi connectivity index (χ2n) is 4.55. The summed E-state index contributed by atoms with van der Waals surface area (Å²) in [4.78, 5) is 11.6. The van der Waals surface area contributed by atoms with Gasteiger partial charge in [-0.1, -0.05) is 30.3 Å². The van der Waals surface area contributed by atoms with Crippen LogP contribution in [0, 0.1) is 0 Å². The normalized spacial score (nSPS) is 11.8. The first-order valence-electron chi connectivity index (χ1n) is 6.16. The molecule has 0 saturated carbocycles. The number of hydrogen-bond donors (Lipinski definition) is 0. The van der Waals surface area contributed by atoms with E-state index < -0.39 is 17.4 Å². The van der Waals surface area contributed by atoms with Gasteiger partial charge in [0.1, 0.15) is 5.58 Å². The number of halogens is 3. The molecule has 1 aromatic heterocycles. The predicted molar refractivity (Wildman–Crippen MR) is 72.9 cm³/mol. The van der Waals surface area contributed by atoms with E-state index in [1.807, 2.05) is 0 Å². The molecular formula is C16H9F3O2. The Morgan fingerprint density at radius 3 is 2.24 bits per heavy atom. The van der Waals surface area contributed by atoms with E-state index in [1.165, 1.54) is 18.2 Å². The summed E-state index contributed by atoms with van der Waals surface area (Å²) in [7, 11) is 0. The third kappa shape index (κ3) is 2.54. The summed E-state index contributed by atoms with van der Waals surface area (Å²) in [6, 6.07) is 12.9. The second kappa shape index (κ2) is 4.77. The van der Waals surface area contributed by atoms with Crippen LogP contribution in [0.3, 0.4) is 0 Å². The van der Waals surface area contributed by atoms with Crippen molar-refractivity contribution in [1.29, 1.82) is 0 Å². The van der Waals surface area contributed by atoms with Crippen molar-refractivity contribution >= 4 is 11.0 Å². The summed E-state index contributed by atoms with van der Waals surface area (Å²) in [5.74, 6) is 0. The zero-order valence-corrected chi connectivity index (χ0v) is 10.6. The van der Waals surface area contributed by atoms with Gasteiger partial charge in [-0.3, -0.25) is 0 Å². The lowest BCUT2D eigenvalue weighted by molar-refractivity contribution is -0.137. The maximum absolute atomic E-state index is 12.6. The number of fused-ring (bicyclic) bond motifs is 1. The van der Waals surface area contributed by atoms with Crippen LogP contribution < -0.4 is 5.63 Å². The molecule has 106 valence electrons. The first-order valence-corrected chi connectivity index (χ1v) is 6.16. The highest BCUT2D eigenvalue weighted by atomic mass is 19.4. The molecule has 0 fully saturated rings. The topological polar surface area (TPSA) is 30.2 Å². The Balaban J connectivity index is 2.19. The fourth-order valence-corrected chi connectivity index (χ4v) is 2.19. The Kier molecular flexibility index (Phi) is 3.05. The molecule has 0 N–H and O–H groups in total. The van der Waals surface area contributed by atoms with Gasteiger partial charge in [-0.25, -0.2) is 4.79 Å². The van der Waals surface area contributed by atoms with Crippen LogP contribution in [0.2, 0.25) is 0 Å². The molecule has 5 heteroatoms. The van der Waals surface area contributed by atoms with Crippen molar-refractivity contribution in [1.82, 2.24) is 0 Å². The van der Waals surface area contributed by atoms with E-state index in [9.17, 15) is 18.0 Å². The minimum atomic E-state index is -4.38. The van der Waals surface area contributed by atoms with Crippen LogP contribution in [-0.4, -0.2) is 0 Å². The molecule has 3 rings (SSSR count). The van der Waals surface area contributed by atoms with Gasteiger partial charge in [0.2, 0.25) is 0 Å². The fourth-order valence-electron chi connectivity index (χ4n) is 2.19. The molecule has 0 bridgehead atoms. The minimum absolute atomic E-state index is 0.403. The van der Waals surface area contributed by atoms with Crippen LogP contribution in [0.1, 0.15) is 5.56 Å². The second-order valence-corrected chi connectivity index (χ2v) is 4.55. The largest absolute Gasteiger partial charge is 0.423 e. The molecule has 0 aliphatic rings. The fraction of sp³-hybridized carbons (Fsp3) is 0.0625. The lowest BCUT2D eigenvalue weighted by atomic mass is 10.0. The van der Waals surface area contributed by atoms with E-state index in [4.69, 9.17) is 4.42 Å². The molecule has 0 atom stereocenters. The Hall–Kier alpha value is -2.56. The minimum Gasteiger partial charge on any atom is -0.423 e. The van der Waals surface area contributed by atoms with E-state index >= 15 is 0 Å². The van der Waals surface area contributed by atoms with E-state index in [2.05, 4.69) is 0 Å². The monoisotopic (exact) mass is 290 g/mol. The van der Waals surface area contributed by atoms with Crippen molar-refractivity contribution in [2.24, 2.45) is 0 Å². The zero-order chi connectivity index (χ0) is 15.0. The Morgan fingerprint density at radius 2 is 1.57 bits per heavy atom. The molecule has 0 aliphatic carbocycles. The van der Waals surface area contributed by atoms with E-state index in [-0.39, 0.29) is 0 Å². The van der Waals surface area contributed by atoms with Crippen molar-refractivity contribution in [3.05, 3.63) is 70.6 Å². The molecule has 0 amide bonds.